The van der Waals surface area contributed by atoms with Gasteiger partial charge in [-0.05, 0) is 58.5 Å². The van der Waals surface area contributed by atoms with Crippen molar-refractivity contribution in [1.29, 1.82) is 0 Å². The van der Waals surface area contributed by atoms with Crippen LogP contribution < -0.4 is 20.1 Å². The fraction of sp³-hybridized carbons (Fsp3) is 0.696. The topological polar surface area (TPSA) is 61.4 Å². The molecule has 0 radical (unpaired) electrons. The van der Waals surface area contributed by atoms with Crippen molar-refractivity contribution in [3.63, 3.8) is 0 Å². The van der Waals surface area contributed by atoms with E-state index < -0.39 is 0 Å². The Morgan fingerprint density at radius 2 is 1.87 bits per heavy atom. The number of nitrogens with zero attached hydrogens (tertiary/aromatic N) is 3. The molecule has 0 amide bonds. The molecule has 0 bridgehead atoms. The minimum atomic E-state index is 0. The summed E-state index contributed by atoms with van der Waals surface area (Å²) in [5.74, 6) is 2.95. The molecular weight excluding hydrogens is 505 g/mol. The highest BCUT2D eigenvalue weighted by Crippen LogP contribution is 2.31. The number of methoxy groups -OCH3 is 2. The van der Waals surface area contributed by atoms with E-state index in [9.17, 15) is 0 Å². The van der Waals surface area contributed by atoms with Gasteiger partial charge in [-0.1, -0.05) is 13.0 Å². The van der Waals surface area contributed by atoms with Crippen LogP contribution in [-0.2, 0) is 0 Å². The molecule has 3 unspecified atom stereocenters. The van der Waals surface area contributed by atoms with Gasteiger partial charge in [0.2, 0.25) is 0 Å². The summed E-state index contributed by atoms with van der Waals surface area (Å²) in [5, 5.41) is 7.09. The molecule has 0 aromatic heterocycles. The average Bonchev–Trinajstić information content (AvgIpc) is 3.08. The number of ether oxygens (including phenoxy) is 2. The third-order valence-electron chi connectivity index (χ3n) is 5.88. The predicted octanol–water partition coefficient (Wildman–Crippen LogP) is 3.21. The van der Waals surface area contributed by atoms with Crippen molar-refractivity contribution in [3.05, 3.63) is 23.8 Å². The van der Waals surface area contributed by atoms with Crippen LogP contribution in [0.2, 0.25) is 0 Å². The van der Waals surface area contributed by atoms with Crippen LogP contribution >= 0.6 is 24.0 Å². The fourth-order valence-electron chi connectivity index (χ4n) is 3.91. The number of guanidine groups is 1. The first-order valence-electron chi connectivity index (χ1n) is 11.0. The highest BCUT2D eigenvalue weighted by Gasteiger charge is 2.31. The largest absolute Gasteiger partial charge is 0.493 e. The summed E-state index contributed by atoms with van der Waals surface area (Å²) in [6, 6.07) is 7.19. The van der Waals surface area contributed by atoms with Crippen LogP contribution in [0.25, 0.3) is 0 Å². The molecule has 2 N–H and O–H groups in total. The van der Waals surface area contributed by atoms with E-state index in [1.165, 1.54) is 0 Å². The van der Waals surface area contributed by atoms with Crippen LogP contribution in [0.5, 0.6) is 11.5 Å². The van der Waals surface area contributed by atoms with Crippen LogP contribution in [0.1, 0.15) is 39.3 Å². The minimum Gasteiger partial charge on any atom is -0.493 e. The summed E-state index contributed by atoms with van der Waals surface area (Å²) >= 11 is 0. The number of nitrogens with one attached hydrogen (secondary N) is 2. The monoisotopic (exact) mass is 547 g/mol. The average molecular weight is 548 g/mol. The molecule has 1 aromatic carbocycles. The second-order valence-electron chi connectivity index (χ2n) is 8.59. The molecule has 0 spiro atoms. The minimum absolute atomic E-state index is 0. The Labute approximate surface area is 206 Å². The van der Waals surface area contributed by atoms with Gasteiger partial charge in [0.1, 0.15) is 0 Å². The van der Waals surface area contributed by atoms with Crippen molar-refractivity contribution in [2.45, 2.75) is 45.8 Å². The molecule has 31 heavy (non-hydrogen) atoms. The lowest BCUT2D eigenvalue weighted by molar-refractivity contribution is 0.265. The lowest BCUT2D eigenvalue weighted by Gasteiger charge is -2.25. The van der Waals surface area contributed by atoms with Gasteiger partial charge in [0.15, 0.2) is 17.5 Å². The van der Waals surface area contributed by atoms with Gasteiger partial charge in [-0.3, -0.25) is 9.89 Å². The Balaban J connectivity index is 0.00000480. The Bertz CT molecular complexity index is 699. The van der Waals surface area contributed by atoms with Gasteiger partial charge < -0.3 is 25.0 Å². The van der Waals surface area contributed by atoms with Crippen molar-refractivity contribution < 1.29 is 9.47 Å². The predicted molar refractivity (Wildman–Crippen MR) is 140 cm³/mol. The van der Waals surface area contributed by atoms with E-state index in [0.717, 1.165) is 42.7 Å². The molecule has 1 aliphatic rings. The van der Waals surface area contributed by atoms with E-state index in [1.807, 2.05) is 12.1 Å². The van der Waals surface area contributed by atoms with Crippen molar-refractivity contribution in [2.75, 3.05) is 54.5 Å². The van der Waals surface area contributed by atoms with Crippen molar-refractivity contribution >= 4 is 29.9 Å². The highest BCUT2D eigenvalue weighted by molar-refractivity contribution is 14.0. The van der Waals surface area contributed by atoms with Crippen molar-refractivity contribution in [2.24, 2.45) is 10.9 Å². The number of halogens is 1. The second-order valence-corrected chi connectivity index (χ2v) is 8.59. The SMILES string of the molecule is CCNC(=NCC(c1ccc(OC)c(OC)c1)N(C)C)NC1CN(C(C)C)CC1C.I. The Morgan fingerprint density at radius 1 is 1.19 bits per heavy atom. The van der Waals surface area contributed by atoms with E-state index in [1.54, 1.807) is 14.2 Å². The molecular formula is C23H42IN5O2. The molecule has 1 saturated heterocycles. The van der Waals surface area contributed by atoms with E-state index in [-0.39, 0.29) is 30.0 Å². The molecule has 2 rings (SSSR count). The molecule has 1 fully saturated rings. The number of likely N-dealkylation sites (tertiary alicyclic amines) is 1. The quantitative estimate of drug-likeness (QED) is 0.282. The molecule has 0 aliphatic carbocycles. The van der Waals surface area contributed by atoms with Crippen LogP contribution in [0.4, 0.5) is 0 Å². The van der Waals surface area contributed by atoms with E-state index in [4.69, 9.17) is 14.5 Å². The first kappa shape index (κ1) is 27.8. The van der Waals surface area contributed by atoms with Crippen LogP contribution in [0, 0.1) is 5.92 Å². The molecule has 1 heterocycles. The second kappa shape index (κ2) is 13.3. The van der Waals surface area contributed by atoms with Crippen molar-refractivity contribution in [1.82, 2.24) is 20.4 Å². The van der Waals surface area contributed by atoms with Gasteiger partial charge in [0, 0.05) is 31.7 Å². The van der Waals surface area contributed by atoms with Gasteiger partial charge in [-0.25, -0.2) is 0 Å². The smallest absolute Gasteiger partial charge is 0.191 e. The maximum Gasteiger partial charge on any atom is 0.191 e. The Kier molecular flexibility index (Phi) is 11.9. The summed E-state index contributed by atoms with van der Waals surface area (Å²) < 4.78 is 10.9. The van der Waals surface area contributed by atoms with Gasteiger partial charge in [-0.2, -0.15) is 0 Å². The van der Waals surface area contributed by atoms with E-state index in [2.05, 4.69) is 68.3 Å². The molecule has 0 saturated carbocycles. The maximum absolute atomic E-state index is 5.49. The molecule has 1 aliphatic heterocycles. The summed E-state index contributed by atoms with van der Waals surface area (Å²) in [6.45, 7) is 12.6. The van der Waals surface area contributed by atoms with Crippen LogP contribution in [0.15, 0.2) is 23.2 Å². The number of hydrogen-bond donors (Lipinski definition) is 2. The Hall–Kier alpha value is -1.26. The van der Waals surface area contributed by atoms with Crippen molar-refractivity contribution in [3.8, 4) is 11.5 Å². The molecule has 178 valence electrons. The number of benzene rings is 1. The molecule has 3 atom stereocenters. The lowest BCUT2D eigenvalue weighted by Crippen LogP contribution is -2.47. The summed E-state index contributed by atoms with van der Waals surface area (Å²) in [5.41, 5.74) is 1.15. The van der Waals surface area contributed by atoms with Gasteiger partial charge in [-0.15, -0.1) is 24.0 Å². The first-order valence-corrected chi connectivity index (χ1v) is 11.0. The lowest BCUT2D eigenvalue weighted by atomic mass is 10.1. The third-order valence-corrected chi connectivity index (χ3v) is 5.88. The summed E-state index contributed by atoms with van der Waals surface area (Å²) in [4.78, 5) is 9.65. The van der Waals surface area contributed by atoms with Crippen LogP contribution in [0.3, 0.4) is 0 Å². The fourth-order valence-corrected chi connectivity index (χ4v) is 3.91. The first-order chi connectivity index (χ1) is 14.3. The van der Waals surface area contributed by atoms with Gasteiger partial charge in [0.05, 0.1) is 26.8 Å². The summed E-state index contributed by atoms with van der Waals surface area (Å²) in [7, 11) is 7.48. The highest BCUT2D eigenvalue weighted by atomic mass is 127. The molecule has 8 heteroatoms. The zero-order chi connectivity index (χ0) is 22.3. The van der Waals surface area contributed by atoms with E-state index in [0.29, 0.717) is 24.5 Å². The molecule has 7 nitrogen and oxygen atoms in total. The standard InChI is InChI=1S/C23H41N5O2.HI/c1-9-24-23(26-19-15-28(16(2)3)14-17(19)4)25-13-20(27(5)6)18-10-11-21(29-7)22(12-18)30-8;/h10-12,16-17,19-20H,9,13-15H2,1-8H3,(H2,24,25,26);1H. The zero-order valence-corrected chi connectivity index (χ0v) is 22.8. The number of aliphatic imine (C=N–C) groups is 1. The van der Waals surface area contributed by atoms with Crippen LogP contribution in [-0.4, -0.2) is 82.3 Å². The third kappa shape index (κ3) is 7.68. The number of likely N-dealkylation sites (N-methyl/N-ethyl adjacent to an activating group) is 1. The Morgan fingerprint density at radius 3 is 2.39 bits per heavy atom. The molecule has 1 aromatic rings. The van der Waals surface area contributed by atoms with Gasteiger partial charge >= 0.3 is 0 Å². The zero-order valence-electron chi connectivity index (χ0n) is 20.4. The van der Waals surface area contributed by atoms with E-state index >= 15 is 0 Å². The number of hydrogen-bond acceptors (Lipinski definition) is 5. The number of rotatable bonds is 9. The summed E-state index contributed by atoms with van der Waals surface area (Å²) in [6.07, 6.45) is 0. The van der Waals surface area contributed by atoms with Gasteiger partial charge in [0.25, 0.3) is 0 Å². The maximum atomic E-state index is 5.49. The normalized spacial score (nSPS) is 20.5.